The van der Waals surface area contributed by atoms with E-state index in [1.807, 2.05) is 5.38 Å². The summed E-state index contributed by atoms with van der Waals surface area (Å²) in [5.74, 6) is -0.182. The van der Waals surface area contributed by atoms with E-state index in [0.29, 0.717) is 28.6 Å². The summed E-state index contributed by atoms with van der Waals surface area (Å²) in [6.45, 7) is 0.505. The first-order valence-electron chi connectivity index (χ1n) is 6.14. The first-order chi connectivity index (χ1) is 10.1. The fourth-order valence-electron chi connectivity index (χ4n) is 1.89. The number of nitrogens with one attached hydrogen (secondary N) is 1. The van der Waals surface area contributed by atoms with Crippen LogP contribution in [0.25, 0.3) is 4.96 Å². The molecule has 1 N–H and O–H groups in total. The van der Waals surface area contributed by atoms with Crippen molar-refractivity contribution in [1.29, 1.82) is 0 Å². The highest BCUT2D eigenvalue weighted by Crippen LogP contribution is 2.22. The minimum Gasteiger partial charge on any atom is -0.352 e. The van der Waals surface area contributed by atoms with Crippen LogP contribution in [0.1, 0.15) is 16.1 Å². The number of fused-ring (bicyclic) bond motifs is 1. The number of carbonyl (C=O) groups excluding carboxylic acids is 1. The number of amides is 1. The predicted molar refractivity (Wildman–Crippen MR) is 83.4 cm³/mol. The lowest BCUT2D eigenvalue weighted by Gasteiger charge is -2.05. The Morgan fingerprint density at radius 1 is 1.33 bits per heavy atom. The molecule has 2 heterocycles. The van der Waals surface area contributed by atoms with Crippen LogP contribution in [-0.4, -0.2) is 27.0 Å². The monoisotopic (exact) mass is 340 g/mol. The molecule has 3 rings (SSSR count). The van der Waals surface area contributed by atoms with Gasteiger partial charge in [-0.1, -0.05) is 23.2 Å². The molecule has 0 spiro atoms. The van der Waals surface area contributed by atoms with Crippen LogP contribution in [0.5, 0.6) is 0 Å². The molecule has 21 heavy (non-hydrogen) atoms. The van der Waals surface area contributed by atoms with E-state index in [9.17, 15) is 4.79 Å². The van der Waals surface area contributed by atoms with E-state index in [-0.39, 0.29) is 5.91 Å². The van der Waals surface area contributed by atoms with Crippen molar-refractivity contribution in [2.45, 2.75) is 6.42 Å². The third-order valence-electron chi connectivity index (χ3n) is 2.94. The Labute approximate surface area is 134 Å². The number of hydrogen-bond acceptors (Lipinski definition) is 4. The van der Waals surface area contributed by atoms with E-state index in [4.69, 9.17) is 23.2 Å². The smallest absolute Gasteiger partial charge is 0.251 e. The van der Waals surface area contributed by atoms with Crippen molar-refractivity contribution in [3.63, 3.8) is 0 Å². The van der Waals surface area contributed by atoms with E-state index < -0.39 is 0 Å². The van der Waals surface area contributed by atoms with Crippen LogP contribution in [0.4, 0.5) is 0 Å². The van der Waals surface area contributed by atoms with Gasteiger partial charge in [0.2, 0.25) is 4.96 Å². The minimum absolute atomic E-state index is 0.182. The molecular formula is C13H10Cl2N4OS. The molecule has 108 valence electrons. The zero-order chi connectivity index (χ0) is 14.8. The van der Waals surface area contributed by atoms with Gasteiger partial charge in [-0.05, 0) is 18.2 Å². The number of nitrogens with zero attached hydrogens (tertiary/aromatic N) is 3. The summed E-state index contributed by atoms with van der Waals surface area (Å²) >= 11 is 13.2. The molecule has 1 aromatic carbocycles. The van der Waals surface area contributed by atoms with E-state index in [1.165, 1.54) is 17.7 Å². The quantitative estimate of drug-likeness (QED) is 0.793. The van der Waals surface area contributed by atoms with Crippen molar-refractivity contribution in [3.05, 3.63) is 51.2 Å². The lowest BCUT2D eigenvalue weighted by molar-refractivity contribution is 0.0954. The van der Waals surface area contributed by atoms with Crippen LogP contribution >= 0.6 is 34.5 Å². The maximum atomic E-state index is 12.0. The van der Waals surface area contributed by atoms with Gasteiger partial charge in [0.25, 0.3) is 5.91 Å². The first-order valence-corrected chi connectivity index (χ1v) is 7.78. The Kier molecular flexibility index (Phi) is 4.10. The highest BCUT2D eigenvalue weighted by molar-refractivity contribution is 7.15. The molecular weight excluding hydrogens is 331 g/mol. The van der Waals surface area contributed by atoms with Crippen LogP contribution in [0.3, 0.4) is 0 Å². The Hall–Kier alpha value is -1.63. The summed E-state index contributed by atoms with van der Waals surface area (Å²) in [6.07, 6.45) is 2.19. The van der Waals surface area contributed by atoms with E-state index in [0.717, 1.165) is 10.7 Å². The Balaban J connectivity index is 1.61. The number of benzene rings is 1. The molecule has 0 unspecified atom stereocenters. The Morgan fingerprint density at radius 2 is 2.19 bits per heavy atom. The van der Waals surface area contributed by atoms with Crippen molar-refractivity contribution in [1.82, 2.24) is 19.9 Å². The van der Waals surface area contributed by atoms with Gasteiger partial charge in [0.05, 0.1) is 15.7 Å². The number of aromatic nitrogens is 3. The minimum atomic E-state index is -0.182. The molecule has 1 amide bonds. The van der Waals surface area contributed by atoms with Crippen molar-refractivity contribution in [2.75, 3.05) is 6.54 Å². The average Bonchev–Trinajstić information content (AvgIpc) is 3.06. The van der Waals surface area contributed by atoms with Gasteiger partial charge in [0.1, 0.15) is 6.33 Å². The first kappa shape index (κ1) is 14.3. The molecule has 5 nitrogen and oxygen atoms in total. The zero-order valence-corrected chi connectivity index (χ0v) is 13.0. The number of thiazole rings is 1. The van der Waals surface area contributed by atoms with Crippen LogP contribution in [0, 0.1) is 0 Å². The molecule has 0 fully saturated rings. The van der Waals surface area contributed by atoms with E-state index >= 15 is 0 Å². The maximum absolute atomic E-state index is 12.0. The van der Waals surface area contributed by atoms with Crippen LogP contribution < -0.4 is 5.32 Å². The molecule has 0 aliphatic heterocycles. The second kappa shape index (κ2) is 6.01. The molecule has 0 radical (unpaired) electrons. The summed E-state index contributed by atoms with van der Waals surface area (Å²) in [7, 11) is 0. The average molecular weight is 341 g/mol. The third-order valence-corrected chi connectivity index (χ3v) is 4.56. The van der Waals surface area contributed by atoms with Crippen molar-refractivity contribution < 1.29 is 4.79 Å². The van der Waals surface area contributed by atoms with E-state index in [1.54, 1.807) is 22.7 Å². The fraction of sp³-hybridized carbons (Fsp3) is 0.154. The number of halogens is 2. The van der Waals surface area contributed by atoms with Gasteiger partial charge in [0, 0.05) is 23.9 Å². The summed E-state index contributed by atoms with van der Waals surface area (Å²) in [5.41, 5.74) is 1.50. The molecule has 8 heteroatoms. The molecule has 0 atom stereocenters. The number of carbonyl (C=O) groups is 1. The Bertz CT molecular complexity index is 798. The second-order valence-corrected chi connectivity index (χ2v) is 5.97. The van der Waals surface area contributed by atoms with Gasteiger partial charge >= 0.3 is 0 Å². The largest absolute Gasteiger partial charge is 0.352 e. The van der Waals surface area contributed by atoms with Crippen molar-refractivity contribution in [3.8, 4) is 0 Å². The lowest BCUT2D eigenvalue weighted by Crippen LogP contribution is -2.26. The van der Waals surface area contributed by atoms with Gasteiger partial charge in [0.15, 0.2) is 0 Å². The molecule has 3 aromatic rings. The van der Waals surface area contributed by atoms with Gasteiger partial charge in [-0.2, -0.15) is 5.10 Å². The summed E-state index contributed by atoms with van der Waals surface area (Å²) in [4.78, 5) is 17.0. The SMILES string of the molecule is O=C(NCCc1csc2ncnn12)c1ccc(Cl)c(Cl)c1. The molecule has 0 saturated heterocycles. The zero-order valence-electron chi connectivity index (χ0n) is 10.7. The van der Waals surface area contributed by atoms with Crippen molar-refractivity contribution in [2.24, 2.45) is 0 Å². The number of rotatable bonds is 4. The van der Waals surface area contributed by atoms with Gasteiger partial charge in [-0.3, -0.25) is 4.79 Å². The van der Waals surface area contributed by atoms with Crippen LogP contribution in [0.2, 0.25) is 10.0 Å². The maximum Gasteiger partial charge on any atom is 0.251 e. The topological polar surface area (TPSA) is 59.3 Å². The second-order valence-electron chi connectivity index (χ2n) is 4.32. The van der Waals surface area contributed by atoms with Crippen molar-refractivity contribution >= 4 is 45.4 Å². The Morgan fingerprint density at radius 3 is 3.00 bits per heavy atom. The summed E-state index contributed by atoms with van der Waals surface area (Å²) in [6, 6.07) is 4.81. The fourth-order valence-corrected chi connectivity index (χ4v) is 3.02. The lowest BCUT2D eigenvalue weighted by atomic mass is 10.2. The highest BCUT2D eigenvalue weighted by Gasteiger charge is 2.09. The molecule has 0 aliphatic carbocycles. The molecule has 0 saturated carbocycles. The van der Waals surface area contributed by atoms with Gasteiger partial charge in [-0.15, -0.1) is 11.3 Å². The third kappa shape index (κ3) is 3.02. The van der Waals surface area contributed by atoms with Gasteiger partial charge in [-0.25, -0.2) is 9.50 Å². The molecule has 0 bridgehead atoms. The van der Waals surface area contributed by atoms with Gasteiger partial charge < -0.3 is 5.32 Å². The standard InChI is InChI=1S/C13H10Cl2N4OS/c14-10-2-1-8(5-11(10)15)12(20)16-4-3-9-6-21-13-17-7-18-19(9)13/h1-2,5-7H,3-4H2,(H,16,20). The number of hydrogen-bond donors (Lipinski definition) is 1. The normalized spacial score (nSPS) is 11.0. The van der Waals surface area contributed by atoms with Crippen LogP contribution in [0.15, 0.2) is 29.9 Å². The molecule has 2 aromatic heterocycles. The molecule has 0 aliphatic rings. The van der Waals surface area contributed by atoms with Crippen LogP contribution in [-0.2, 0) is 6.42 Å². The summed E-state index contributed by atoms with van der Waals surface area (Å²) in [5, 5.41) is 9.75. The highest BCUT2D eigenvalue weighted by atomic mass is 35.5. The van der Waals surface area contributed by atoms with E-state index in [2.05, 4.69) is 15.4 Å². The predicted octanol–water partition coefficient (Wildman–Crippen LogP) is 3.07. The summed E-state index contributed by atoms with van der Waals surface area (Å²) < 4.78 is 1.77.